The van der Waals surface area contributed by atoms with Gasteiger partial charge in [-0.25, -0.2) is 4.98 Å². The van der Waals surface area contributed by atoms with Gasteiger partial charge in [-0.1, -0.05) is 24.3 Å². The standard InChI is InChI=1S/C27H23F3N4O2/c1-15-10-18-11-17(6-9-22(18)33-25(15)31)26(36)34(14-20-8-7-19(13-32-20)27(28,29)30)23-12-16-4-2-3-5-21(16)24(23)35/h2-11,13,23-24,35H,12,14H2,1H3,(H2,31,33). The molecular weight excluding hydrogens is 469 g/mol. The van der Waals surface area contributed by atoms with E-state index in [-0.39, 0.29) is 18.1 Å². The van der Waals surface area contributed by atoms with Crippen molar-refractivity contribution in [2.75, 3.05) is 5.73 Å². The van der Waals surface area contributed by atoms with Crippen molar-refractivity contribution < 1.29 is 23.1 Å². The molecule has 3 N–H and O–H groups in total. The molecule has 0 spiro atoms. The lowest BCUT2D eigenvalue weighted by Crippen LogP contribution is -2.42. The Morgan fingerprint density at radius 2 is 1.92 bits per heavy atom. The molecule has 1 aliphatic carbocycles. The van der Waals surface area contributed by atoms with Crippen LogP contribution < -0.4 is 5.73 Å². The number of nitrogens with zero attached hydrogens (tertiary/aromatic N) is 3. The molecule has 2 heterocycles. The van der Waals surface area contributed by atoms with Crippen molar-refractivity contribution in [2.45, 2.75) is 38.2 Å². The molecule has 0 saturated carbocycles. The number of benzene rings is 2. The maximum Gasteiger partial charge on any atom is 0.417 e. The molecule has 0 radical (unpaired) electrons. The van der Waals surface area contributed by atoms with Crippen LogP contribution in [-0.4, -0.2) is 31.9 Å². The van der Waals surface area contributed by atoms with Gasteiger partial charge in [0.1, 0.15) is 5.82 Å². The van der Waals surface area contributed by atoms with E-state index in [0.717, 1.165) is 34.3 Å². The van der Waals surface area contributed by atoms with Gasteiger partial charge in [-0.05, 0) is 66.4 Å². The first-order chi connectivity index (χ1) is 17.1. The number of aromatic nitrogens is 2. The summed E-state index contributed by atoms with van der Waals surface area (Å²) in [4.78, 5) is 23.6. The van der Waals surface area contributed by atoms with E-state index >= 15 is 0 Å². The number of nitrogens with two attached hydrogens (primary N) is 1. The predicted molar refractivity (Wildman–Crippen MR) is 129 cm³/mol. The number of amides is 1. The summed E-state index contributed by atoms with van der Waals surface area (Å²) in [6.45, 7) is 1.76. The van der Waals surface area contributed by atoms with Crippen molar-refractivity contribution in [3.8, 4) is 0 Å². The van der Waals surface area contributed by atoms with Crippen molar-refractivity contribution in [3.63, 3.8) is 0 Å². The highest BCUT2D eigenvalue weighted by Gasteiger charge is 2.38. The van der Waals surface area contributed by atoms with Crippen LogP contribution >= 0.6 is 0 Å². The molecule has 0 bridgehead atoms. The minimum absolute atomic E-state index is 0.0657. The van der Waals surface area contributed by atoms with Crippen LogP contribution in [0.5, 0.6) is 0 Å². The number of carbonyl (C=O) groups excluding carboxylic acids is 1. The average molecular weight is 493 g/mol. The van der Waals surface area contributed by atoms with E-state index in [1.54, 1.807) is 18.2 Å². The molecule has 1 aliphatic rings. The number of hydrogen-bond acceptors (Lipinski definition) is 5. The molecule has 0 aliphatic heterocycles. The second kappa shape index (κ2) is 8.91. The number of pyridine rings is 2. The molecule has 4 aromatic rings. The summed E-state index contributed by atoms with van der Waals surface area (Å²) >= 11 is 0. The fourth-order valence-electron chi connectivity index (χ4n) is 4.63. The van der Waals surface area contributed by atoms with Crippen molar-refractivity contribution in [2.24, 2.45) is 0 Å². The summed E-state index contributed by atoms with van der Waals surface area (Å²) in [7, 11) is 0. The molecule has 5 rings (SSSR count). The van der Waals surface area contributed by atoms with Crippen LogP contribution in [0.3, 0.4) is 0 Å². The van der Waals surface area contributed by atoms with Gasteiger partial charge in [0.15, 0.2) is 0 Å². The van der Waals surface area contributed by atoms with E-state index in [4.69, 9.17) is 5.73 Å². The van der Waals surface area contributed by atoms with Crippen LogP contribution in [0.25, 0.3) is 10.9 Å². The van der Waals surface area contributed by atoms with E-state index in [2.05, 4.69) is 9.97 Å². The zero-order valence-electron chi connectivity index (χ0n) is 19.3. The number of alkyl halides is 3. The second-order valence-corrected chi connectivity index (χ2v) is 8.98. The number of carbonyl (C=O) groups is 1. The smallest absolute Gasteiger partial charge is 0.386 e. The Kier molecular flexibility index (Phi) is 5.88. The number of aliphatic hydroxyl groups is 1. The number of aliphatic hydroxyl groups excluding tert-OH is 1. The molecule has 0 fully saturated rings. The van der Waals surface area contributed by atoms with Crippen LogP contribution in [0.1, 0.15) is 44.4 Å². The maximum absolute atomic E-state index is 13.8. The van der Waals surface area contributed by atoms with Crippen LogP contribution in [0, 0.1) is 6.92 Å². The van der Waals surface area contributed by atoms with Gasteiger partial charge >= 0.3 is 6.18 Å². The lowest BCUT2D eigenvalue weighted by molar-refractivity contribution is -0.137. The summed E-state index contributed by atoms with van der Waals surface area (Å²) in [6, 6.07) is 15.9. The third kappa shape index (κ3) is 4.37. The van der Waals surface area contributed by atoms with E-state index in [1.807, 2.05) is 37.3 Å². The molecule has 184 valence electrons. The summed E-state index contributed by atoms with van der Waals surface area (Å²) in [5, 5.41) is 11.8. The lowest BCUT2D eigenvalue weighted by Gasteiger charge is -2.31. The Morgan fingerprint density at radius 1 is 1.14 bits per heavy atom. The fraction of sp³-hybridized carbons (Fsp3) is 0.222. The first-order valence-corrected chi connectivity index (χ1v) is 11.4. The average Bonchev–Trinajstić information content (AvgIpc) is 3.18. The van der Waals surface area contributed by atoms with E-state index in [0.29, 0.717) is 23.3 Å². The lowest BCUT2D eigenvalue weighted by atomic mass is 10.0. The van der Waals surface area contributed by atoms with Gasteiger partial charge in [0, 0.05) is 17.1 Å². The van der Waals surface area contributed by atoms with Crippen molar-refractivity contribution in [1.29, 1.82) is 0 Å². The summed E-state index contributed by atoms with van der Waals surface area (Å²) in [6.07, 6.45) is -4.28. The number of anilines is 1. The van der Waals surface area contributed by atoms with Gasteiger partial charge < -0.3 is 15.7 Å². The van der Waals surface area contributed by atoms with E-state index < -0.39 is 23.9 Å². The highest BCUT2D eigenvalue weighted by Crippen LogP contribution is 2.36. The normalized spacial score (nSPS) is 17.2. The topological polar surface area (TPSA) is 92.3 Å². The van der Waals surface area contributed by atoms with Gasteiger partial charge in [0.25, 0.3) is 5.91 Å². The Labute approximate surface area is 205 Å². The van der Waals surface area contributed by atoms with Crippen LogP contribution in [-0.2, 0) is 19.1 Å². The van der Waals surface area contributed by atoms with Crippen molar-refractivity contribution in [3.05, 3.63) is 100 Å². The number of fused-ring (bicyclic) bond motifs is 2. The Morgan fingerprint density at radius 3 is 2.61 bits per heavy atom. The quantitative estimate of drug-likeness (QED) is 0.425. The molecule has 2 unspecified atom stereocenters. The Balaban J connectivity index is 1.52. The minimum atomic E-state index is -4.51. The largest absolute Gasteiger partial charge is 0.417 e. The SMILES string of the molecule is Cc1cc2cc(C(=O)N(Cc3ccc(C(F)(F)F)cn3)C3Cc4ccccc4C3O)ccc2nc1N. The van der Waals surface area contributed by atoms with Gasteiger partial charge in [-0.2, -0.15) is 13.2 Å². The Hall–Kier alpha value is -3.98. The molecule has 2 aromatic heterocycles. The molecular formula is C27H23F3N4O2. The summed E-state index contributed by atoms with van der Waals surface area (Å²) in [5.41, 5.74) is 8.75. The maximum atomic E-state index is 13.8. The molecule has 6 nitrogen and oxygen atoms in total. The number of halogens is 3. The monoisotopic (exact) mass is 492 g/mol. The fourth-order valence-corrected chi connectivity index (χ4v) is 4.63. The molecule has 1 amide bonds. The zero-order chi connectivity index (χ0) is 25.6. The van der Waals surface area contributed by atoms with Crippen LogP contribution in [0.4, 0.5) is 19.0 Å². The van der Waals surface area contributed by atoms with Crippen molar-refractivity contribution in [1.82, 2.24) is 14.9 Å². The molecule has 9 heteroatoms. The number of hydrogen-bond donors (Lipinski definition) is 2. The first kappa shape index (κ1) is 23.7. The summed E-state index contributed by atoms with van der Waals surface area (Å²) < 4.78 is 39.0. The van der Waals surface area contributed by atoms with E-state index in [1.165, 1.54) is 11.0 Å². The van der Waals surface area contributed by atoms with Crippen LogP contribution in [0.2, 0.25) is 0 Å². The highest BCUT2D eigenvalue weighted by molar-refractivity contribution is 5.98. The number of rotatable bonds is 4. The third-order valence-electron chi connectivity index (χ3n) is 6.60. The van der Waals surface area contributed by atoms with Gasteiger partial charge in [-0.15, -0.1) is 0 Å². The zero-order valence-corrected chi connectivity index (χ0v) is 19.3. The van der Waals surface area contributed by atoms with E-state index in [9.17, 15) is 23.1 Å². The molecule has 0 saturated heterocycles. The molecule has 36 heavy (non-hydrogen) atoms. The van der Waals surface area contributed by atoms with Gasteiger partial charge in [-0.3, -0.25) is 9.78 Å². The second-order valence-electron chi connectivity index (χ2n) is 8.98. The van der Waals surface area contributed by atoms with Crippen LogP contribution in [0.15, 0.2) is 66.9 Å². The molecule has 2 atom stereocenters. The summed E-state index contributed by atoms with van der Waals surface area (Å²) in [5.74, 6) is 0.0355. The number of nitrogen functional groups attached to an aromatic ring is 1. The minimum Gasteiger partial charge on any atom is -0.386 e. The highest BCUT2D eigenvalue weighted by atomic mass is 19.4. The molecule has 2 aromatic carbocycles. The third-order valence-corrected chi connectivity index (χ3v) is 6.60. The van der Waals surface area contributed by atoms with Gasteiger partial charge in [0.05, 0.1) is 35.5 Å². The van der Waals surface area contributed by atoms with Crippen molar-refractivity contribution >= 4 is 22.6 Å². The van der Waals surface area contributed by atoms with Gasteiger partial charge in [0.2, 0.25) is 0 Å². The predicted octanol–water partition coefficient (Wildman–Crippen LogP) is 4.84. The Bertz CT molecular complexity index is 1450. The first-order valence-electron chi connectivity index (χ1n) is 11.4. The number of aryl methyl sites for hydroxylation is 1.